The fourth-order valence-corrected chi connectivity index (χ4v) is 3.67. The van der Waals surface area contributed by atoms with Gasteiger partial charge in [0.2, 0.25) is 0 Å². The lowest BCUT2D eigenvalue weighted by atomic mass is 9.98. The average Bonchev–Trinajstić information content (AvgIpc) is 3.17. The van der Waals surface area contributed by atoms with Crippen LogP contribution in [-0.2, 0) is 0 Å². The molecule has 1 aromatic heterocycles. The molecule has 0 aliphatic carbocycles. The quantitative estimate of drug-likeness (QED) is 0.809. The summed E-state index contributed by atoms with van der Waals surface area (Å²) >= 11 is 1.22. The van der Waals surface area contributed by atoms with E-state index in [0.29, 0.717) is 28.4 Å². The van der Waals surface area contributed by atoms with E-state index in [9.17, 15) is 14.0 Å². The Morgan fingerprint density at radius 3 is 2.59 bits per heavy atom. The standard InChI is InChI=1S/C17H16FNO2S/c1-11(20)15-6-7-16(22-15)17(21)19-9-8-12(10-19)13-4-2-3-5-14(13)18/h2-7,12H,8-10H2,1H3. The molecule has 1 aliphatic rings. The molecule has 3 nitrogen and oxygen atoms in total. The van der Waals surface area contributed by atoms with Crippen LogP contribution in [0.2, 0.25) is 0 Å². The molecule has 1 saturated heterocycles. The normalized spacial score (nSPS) is 17.7. The molecule has 2 aromatic rings. The second kappa shape index (κ2) is 6.01. The molecule has 114 valence electrons. The summed E-state index contributed by atoms with van der Waals surface area (Å²) in [6.07, 6.45) is 0.762. The van der Waals surface area contributed by atoms with Crippen LogP contribution in [0, 0.1) is 5.82 Å². The maximum atomic E-state index is 13.8. The smallest absolute Gasteiger partial charge is 0.263 e. The molecule has 0 spiro atoms. The van der Waals surface area contributed by atoms with Crippen molar-refractivity contribution < 1.29 is 14.0 Å². The number of Topliss-reactive ketones (excluding diaryl/α,β-unsaturated/α-hetero) is 1. The van der Waals surface area contributed by atoms with Crippen molar-refractivity contribution in [3.8, 4) is 0 Å². The van der Waals surface area contributed by atoms with Crippen LogP contribution in [0.5, 0.6) is 0 Å². The lowest BCUT2D eigenvalue weighted by Crippen LogP contribution is -2.27. The van der Waals surface area contributed by atoms with Gasteiger partial charge in [-0.25, -0.2) is 4.39 Å². The number of ketones is 1. The minimum Gasteiger partial charge on any atom is -0.337 e. The third kappa shape index (κ3) is 2.81. The molecule has 1 amide bonds. The number of hydrogen-bond donors (Lipinski definition) is 0. The van der Waals surface area contributed by atoms with Crippen molar-refractivity contribution in [3.05, 3.63) is 57.5 Å². The van der Waals surface area contributed by atoms with E-state index >= 15 is 0 Å². The van der Waals surface area contributed by atoms with E-state index in [2.05, 4.69) is 0 Å². The molecule has 5 heteroatoms. The highest BCUT2D eigenvalue weighted by molar-refractivity contribution is 7.15. The maximum Gasteiger partial charge on any atom is 0.263 e. The summed E-state index contributed by atoms with van der Waals surface area (Å²) in [6.45, 7) is 2.63. The topological polar surface area (TPSA) is 37.4 Å². The summed E-state index contributed by atoms with van der Waals surface area (Å²) in [5, 5.41) is 0. The number of carbonyl (C=O) groups excluding carboxylic acids is 2. The second-order valence-electron chi connectivity index (χ2n) is 5.48. The molecule has 1 aromatic carbocycles. The van der Waals surface area contributed by atoms with Crippen molar-refractivity contribution in [2.45, 2.75) is 19.3 Å². The predicted molar refractivity (Wildman–Crippen MR) is 84.0 cm³/mol. The summed E-state index contributed by atoms with van der Waals surface area (Å²) in [4.78, 5) is 26.7. The number of likely N-dealkylation sites (tertiary alicyclic amines) is 1. The van der Waals surface area contributed by atoms with Crippen molar-refractivity contribution in [2.75, 3.05) is 13.1 Å². The number of thiophene rings is 1. The highest BCUT2D eigenvalue weighted by atomic mass is 32.1. The molecule has 1 unspecified atom stereocenters. The lowest BCUT2D eigenvalue weighted by molar-refractivity contribution is 0.0795. The largest absolute Gasteiger partial charge is 0.337 e. The zero-order valence-corrected chi connectivity index (χ0v) is 13.0. The molecule has 1 fully saturated rings. The van der Waals surface area contributed by atoms with E-state index in [4.69, 9.17) is 0 Å². The fraction of sp³-hybridized carbons (Fsp3) is 0.294. The first-order valence-corrected chi connectivity index (χ1v) is 8.02. The van der Waals surface area contributed by atoms with Crippen molar-refractivity contribution in [1.82, 2.24) is 4.90 Å². The number of rotatable bonds is 3. The summed E-state index contributed by atoms with van der Waals surface area (Å²) in [7, 11) is 0. The van der Waals surface area contributed by atoms with Crippen LogP contribution in [0.3, 0.4) is 0 Å². The number of hydrogen-bond acceptors (Lipinski definition) is 3. The summed E-state index contributed by atoms with van der Waals surface area (Å²) in [6, 6.07) is 10.1. The molecule has 0 N–H and O–H groups in total. The van der Waals surface area contributed by atoms with Crippen LogP contribution in [0.25, 0.3) is 0 Å². The molecule has 1 atom stereocenters. The molecule has 22 heavy (non-hydrogen) atoms. The van der Waals surface area contributed by atoms with E-state index in [0.717, 1.165) is 6.42 Å². The number of carbonyl (C=O) groups is 2. The highest BCUT2D eigenvalue weighted by Gasteiger charge is 2.30. The van der Waals surface area contributed by atoms with Gasteiger partial charge in [-0.3, -0.25) is 9.59 Å². The van der Waals surface area contributed by atoms with Crippen molar-refractivity contribution in [2.24, 2.45) is 0 Å². The van der Waals surface area contributed by atoms with E-state index in [1.165, 1.54) is 24.3 Å². The Balaban J connectivity index is 1.73. The Bertz CT molecular complexity index is 725. The SMILES string of the molecule is CC(=O)c1ccc(C(=O)N2CCC(c3ccccc3F)C2)s1. The first-order valence-electron chi connectivity index (χ1n) is 7.20. The van der Waals surface area contributed by atoms with Gasteiger partial charge in [0.15, 0.2) is 5.78 Å². The van der Waals surface area contributed by atoms with Gasteiger partial charge in [0.1, 0.15) is 5.82 Å². The van der Waals surface area contributed by atoms with Crippen LogP contribution in [0.4, 0.5) is 4.39 Å². The van der Waals surface area contributed by atoms with Crippen LogP contribution in [0.15, 0.2) is 36.4 Å². The second-order valence-corrected chi connectivity index (χ2v) is 6.56. The van der Waals surface area contributed by atoms with Gasteiger partial charge in [-0.1, -0.05) is 18.2 Å². The third-order valence-electron chi connectivity index (χ3n) is 3.98. The van der Waals surface area contributed by atoms with Gasteiger partial charge >= 0.3 is 0 Å². The molecular weight excluding hydrogens is 301 g/mol. The van der Waals surface area contributed by atoms with Crippen molar-refractivity contribution >= 4 is 23.0 Å². The number of benzene rings is 1. The average molecular weight is 317 g/mol. The van der Waals surface area contributed by atoms with Crippen LogP contribution in [-0.4, -0.2) is 29.7 Å². The predicted octanol–water partition coefficient (Wildman–Crippen LogP) is 3.72. The molecule has 1 aliphatic heterocycles. The van der Waals surface area contributed by atoms with Gasteiger partial charge in [0.25, 0.3) is 5.91 Å². The zero-order chi connectivity index (χ0) is 15.7. The molecule has 0 bridgehead atoms. The molecule has 3 rings (SSSR count). The Labute approximate surface area is 132 Å². The van der Waals surface area contributed by atoms with Gasteiger partial charge < -0.3 is 4.90 Å². The monoisotopic (exact) mass is 317 g/mol. The van der Waals surface area contributed by atoms with Crippen LogP contribution in [0.1, 0.15) is 44.2 Å². The molecule has 0 radical (unpaired) electrons. The Morgan fingerprint density at radius 2 is 1.91 bits per heavy atom. The Kier molecular flexibility index (Phi) is 4.07. The molecule has 0 saturated carbocycles. The Morgan fingerprint density at radius 1 is 1.18 bits per heavy atom. The minimum atomic E-state index is -0.211. The minimum absolute atomic E-state index is 0.0327. The van der Waals surface area contributed by atoms with Gasteiger partial charge in [-0.05, 0) is 37.1 Å². The van der Waals surface area contributed by atoms with E-state index in [1.807, 2.05) is 6.07 Å². The van der Waals surface area contributed by atoms with E-state index in [1.54, 1.807) is 29.2 Å². The highest BCUT2D eigenvalue weighted by Crippen LogP contribution is 2.30. The van der Waals surface area contributed by atoms with Crippen molar-refractivity contribution in [3.63, 3.8) is 0 Å². The molecule has 2 heterocycles. The Hall–Kier alpha value is -2.01. The van der Waals surface area contributed by atoms with Gasteiger partial charge in [0, 0.05) is 19.0 Å². The van der Waals surface area contributed by atoms with Gasteiger partial charge in [-0.2, -0.15) is 0 Å². The number of nitrogens with zero attached hydrogens (tertiary/aromatic N) is 1. The summed E-state index contributed by atoms with van der Waals surface area (Å²) in [5.41, 5.74) is 0.674. The first-order chi connectivity index (χ1) is 10.6. The van der Waals surface area contributed by atoms with E-state index in [-0.39, 0.29) is 23.4 Å². The van der Waals surface area contributed by atoms with Crippen LogP contribution < -0.4 is 0 Å². The zero-order valence-electron chi connectivity index (χ0n) is 12.2. The van der Waals surface area contributed by atoms with Gasteiger partial charge in [0.05, 0.1) is 9.75 Å². The maximum absolute atomic E-state index is 13.8. The third-order valence-corrected chi connectivity index (χ3v) is 5.16. The van der Waals surface area contributed by atoms with Crippen LogP contribution >= 0.6 is 11.3 Å². The summed E-state index contributed by atoms with van der Waals surface area (Å²) < 4.78 is 13.8. The fourth-order valence-electron chi connectivity index (χ4n) is 2.80. The number of halogens is 1. The van der Waals surface area contributed by atoms with Crippen molar-refractivity contribution in [1.29, 1.82) is 0 Å². The molecular formula is C17H16FNO2S. The lowest BCUT2D eigenvalue weighted by Gasteiger charge is -2.16. The number of amides is 1. The van der Waals surface area contributed by atoms with E-state index < -0.39 is 0 Å². The summed E-state index contributed by atoms with van der Waals surface area (Å²) in [5.74, 6) is -0.278. The van der Waals surface area contributed by atoms with Gasteiger partial charge in [-0.15, -0.1) is 11.3 Å². The first kappa shape index (κ1) is 14.9.